The first kappa shape index (κ1) is 34.8. The van der Waals surface area contributed by atoms with Crippen LogP contribution in [-0.2, 0) is 23.9 Å². The Morgan fingerprint density at radius 3 is 2.07 bits per heavy atom. The van der Waals surface area contributed by atoms with Crippen LogP contribution in [0.5, 0.6) is 0 Å². The van der Waals surface area contributed by atoms with Crippen LogP contribution in [0.3, 0.4) is 0 Å². The molecule has 8 atom stereocenters. The first-order chi connectivity index (χ1) is 20.7. The average molecular weight is 617 g/mol. The smallest absolute Gasteiger partial charge is 0.306 e. The van der Waals surface area contributed by atoms with Crippen molar-refractivity contribution in [2.45, 2.75) is 148 Å². The quantitative estimate of drug-likeness (QED) is 0.120. The van der Waals surface area contributed by atoms with Crippen molar-refractivity contribution in [1.82, 2.24) is 0 Å². The van der Waals surface area contributed by atoms with Gasteiger partial charge in [-0.15, -0.1) is 0 Å². The van der Waals surface area contributed by atoms with Crippen LogP contribution in [0.2, 0.25) is 0 Å². The van der Waals surface area contributed by atoms with E-state index in [-0.39, 0.29) is 19.4 Å². The standard InChI is InChI=1S/C36H56O8/c1-7-8-9-10-11-12-13-14-15-16-17-18-29(39)43-32-24(3)35(42)27(30-33(5,6)36(30,32)44-25(4)38)20-26(22-37)21-34(41)28(35)19-23(2)31(34)40/h19-20,24,27-28,30,32,37,41-42H,7-18,21-22H2,1-6H3/t24-,27+,28-,30-,32+,34+,35-,36-/m1/s1. The molecule has 0 radical (unpaired) electrons. The van der Waals surface area contributed by atoms with Gasteiger partial charge in [0.2, 0.25) is 0 Å². The van der Waals surface area contributed by atoms with Crippen LogP contribution >= 0.6 is 0 Å². The zero-order chi connectivity index (χ0) is 32.5. The number of esters is 2. The summed E-state index contributed by atoms with van der Waals surface area (Å²) in [6.45, 7) is 10.4. The van der Waals surface area contributed by atoms with Crippen LogP contribution in [-0.4, -0.2) is 62.6 Å². The lowest BCUT2D eigenvalue weighted by molar-refractivity contribution is -0.228. The number of unbranched alkanes of at least 4 members (excludes halogenated alkanes) is 10. The lowest BCUT2D eigenvalue weighted by Crippen LogP contribution is -2.66. The molecule has 44 heavy (non-hydrogen) atoms. The van der Waals surface area contributed by atoms with Gasteiger partial charge in [-0.2, -0.15) is 0 Å². The van der Waals surface area contributed by atoms with Gasteiger partial charge in [-0.05, 0) is 24.5 Å². The monoisotopic (exact) mass is 616 g/mol. The summed E-state index contributed by atoms with van der Waals surface area (Å²) < 4.78 is 12.3. The summed E-state index contributed by atoms with van der Waals surface area (Å²) in [5.41, 5.74) is -4.71. The number of rotatable bonds is 15. The molecule has 0 aromatic carbocycles. The predicted molar refractivity (Wildman–Crippen MR) is 167 cm³/mol. The van der Waals surface area contributed by atoms with Gasteiger partial charge in [0.1, 0.15) is 11.7 Å². The lowest BCUT2D eigenvalue weighted by Gasteiger charge is -2.53. The fourth-order valence-corrected chi connectivity index (χ4v) is 9.20. The van der Waals surface area contributed by atoms with E-state index in [1.165, 1.54) is 51.9 Å². The summed E-state index contributed by atoms with van der Waals surface area (Å²) in [7, 11) is 0. The number of fused-ring (bicyclic) bond motifs is 5. The molecule has 0 aromatic rings. The highest BCUT2D eigenvalue weighted by Crippen LogP contribution is 2.77. The molecule has 0 heterocycles. The molecule has 0 unspecified atom stereocenters. The molecule has 0 bridgehead atoms. The van der Waals surface area contributed by atoms with Crippen molar-refractivity contribution in [1.29, 1.82) is 0 Å². The Balaban J connectivity index is 1.51. The van der Waals surface area contributed by atoms with Crippen molar-refractivity contribution in [2.24, 2.45) is 29.1 Å². The Kier molecular flexibility index (Phi) is 10.6. The summed E-state index contributed by atoms with van der Waals surface area (Å²) in [5.74, 6) is -4.29. The van der Waals surface area contributed by atoms with Gasteiger partial charge in [-0.3, -0.25) is 14.4 Å². The number of aliphatic hydroxyl groups excluding tert-OH is 1. The van der Waals surface area contributed by atoms with Gasteiger partial charge < -0.3 is 24.8 Å². The van der Waals surface area contributed by atoms with Gasteiger partial charge in [-0.1, -0.05) is 104 Å². The van der Waals surface area contributed by atoms with Crippen molar-refractivity contribution in [3.63, 3.8) is 0 Å². The zero-order valence-corrected chi connectivity index (χ0v) is 27.8. The van der Waals surface area contributed by atoms with E-state index in [2.05, 4.69) is 6.92 Å². The van der Waals surface area contributed by atoms with Gasteiger partial charge in [-0.25, -0.2) is 0 Å². The maximum absolute atomic E-state index is 13.3. The molecule has 248 valence electrons. The SMILES string of the molecule is CCCCCCCCCCCCCC(=O)O[C@H]1[C@@H](C)[C@@]2(O)[C@@H](C=C(CO)C[C@@]3(O)C(=O)C(C)=C[C@@H]23)[C@@H]2C(C)(C)[C@@]21OC(C)=O. The van der Waals surface area contributed by atoms with Crippen molar-refractivity contribution < 1.29 is 39.2 Å². The molecule has 0 amide bonds. The largest absolute Gasteiger partial charge is 0.458 e. The van der Waals surface area contributed by atoms with Crippen LogP contribution in [0.4, 0.5) is 0 Å². The molecule has 4 aliphatic carbocycles. The molecule has 0 aliphatic heterocycles. The van der Waals surface area contributed by atoms with E-state index in [1.807, 2.05) is 13.8 Å². The fraction of sp³-hybridized carbons (Fsp3) is 0.806. The van der Waals surface area contributed by atoms with Crippen molar-refractivity contribution >= 4 is 17.7 Å². The van der Waals surface area contributed by atoms with E-state index >= 15 is 0 Å². The summed E-state index contributed by atoms with van der Waals surface area (Å²) in [6, 6.07) is 0. The number of hydrogen-bond acceptors (Lipinski definition) is 8. The number of Topliss-reactive ketones (excluding diaryl/α,β-unsaturated/α-hetero) is 1. The third-order valence-electron chi connectivity index (χ3n) is 11.5. The van der Waals surface area contributed by atoms with Crippen LogP contribution in [0.15, 0.2) is 23.3 Å². The van der Waals surface area contributed by atoms with Crippen LogP contribution < -0.4 is 0 Å². The second-order valence-electron chi connectivity index (χ2n) is 14.7. The number of aliphatic hydroxyl groups is 3. The van der Waals surface area contributed by atoms with Gasteiger partial charge in [0, 0.05) is 48.9 Å². The molecule has 3 N–H and O–H groups in total. The van der Waals surface area contributed by atoms with Crippen LogP contribution in [0.25, 0.3) is 0 Å². The van der Waals surface area contributed by atoms with E-state index in [9.17, 15) is 29.7 Å². The Morgan fingerprint density at radius 1 is 0.955 bits per heavy atom. The molecule has 4 aliphatic rings. The molecule has 0 saturated heterocycles. The number of ether oxygens (including phenoxy) is 2. The van der Waals surface area contributed by atoms with Gasteiger partial charge in [0.25, 0.3) is 0 Å². The fourth-order valence-electron chi connectivity index (χ4n) is 9.20. The van der Waals surface area contributed by atoms with Crippen LogP contribution in [0.1, 0.15) is 125 Å². The van der Waals surface area contributed by atoms with E-state index in [1.54, 1.807) is 26.0 Å². The minimum absolute atomic E-state index is 0.108. The molecular formula is C36H56O8. The van der Waals surface area contributed by atoms with E-state index in [0.29, 0.717) is 17.6 Å². The summed E-state index contributed by atoms with van der Waals surface area (Å²) in [4.78, 5) is 39.1. The van der Waals surface area contributed by atoms with E-state index in [4.69, 9.17) is 9.47 Å². The summed E-state index contributed by atoms with van der Waals surface area (Å²) >= 11 is 0. The third kappa shape index (κ3) is 5.84. The molecule has 8 heteroatoms. The zero-order valence-electron chi connectivity index (χ0n) is 27.8. The topological polar surface area (TPSA) is 130 Å². The number of ketones is 1. The maximum atomic E-state index is 13.3. The van der Waals surface area contributed by atoms with Crippen LogP contribution in [0, 0.1) is 29.1 Å². The maximum Gasteiger partial charge on any atom is 0.306 e. The minimum atomic E-state index is -1.93. The summed E-state index contributed by atoms with van der Waals surface area (Å²) in [5, 5.41) is 34.8. The lowest BCUT2D eigenvalue weighted by atomic mass is 9.59. The predicted octanol–water partition coefficient (Wildman–Crippen LogP) is 5.75. The van der Waals surface area contributed by atoms with Gasteiger partial charge in [0.15, 0.2) is 11.4 Å². The second kappa shape index (κ2) is 13.4. The molecule has 4 rings (SSSR count). The number of hydrogen-bond donors (Lipinski definition) is 3. The number of carbonyl (C=O) groups is 3. The van der Waals surface area contributed by atoms with Crippen molar-refractivity contribution in [3.05, 3.63) is 23.3 Å². The first-order valence-electron chi connectivity index (χ1n) is 17.1. The van der Waals surface area contributed by atoms with Gasteiger partial charge in [0.05, 0.1) is 12.2 Å². The molecule has 8 nitrogen and oxygen atoms in total. The second-order valence-corrected chi connectivity index (χ2v) is 14.7. The molecular weight excluding hydrogens is 560 g/mol. The van der Waals surface area contributed by atoms with E-state index < -0.39 is 69.7 Å². The third-order valence-corrected chi connectivity index (χ3v) is 11.5. The Bertz CT molecular complexity index is 1150. The number of carbonyl (C=O) groups excluding carboxylic acids is 3. The Labute approximate surface area is 263 Å². The van der Waals surface area contributed by atoms with Gasteiger partial charge >= 0.3 is 11.9 Å². The highest BCUT2D eigenvalue weighted by molar-refractivity contribution is 6.04. The minimum Gasteiger partial charge on any atom is -0.458 e. The normalized spacial score (nSPS) is 36.8. The van der Waals surface area contributed by atoms with Crippen molar-refractivity contribution in [2.75, 3.05) is 6.61 Å². The summed E-state index contributed by atoms with van der Waals surface area (Å²) in [6.07, 6.45) is 15.4. The van der Waals surface area contributed by atoms with Crippen molar-refractivity contribution in [3.8, 4) is 0 Å². The Hall–Kier alpha value is -2.03. The molecule has 2 fully saturated rings. The first-order valence-corrected chi connectivity index (χ1v) is 17.1. The Morgan fingerprint density at radius 2 is 1.52 bits per heavy atom. The average Bonchev–Trinajstić information content (AvgIpc) is 3.38. The highest BCUT2D eigenvalue weighted by atomic mass is 16.6. The van der Waals surface area contributed by atoms with E-state index in [0.717, 1.165) is 19.3 Å². The molecule has 0 aromatic heterocycles. The molecule has 0 spiro atoms. The highest BCUT2D eigenvalue weighted by Gasteiger charge is 2.87. The molecule has 2 saturated carbocycles.